The molecular formula is C24H21N3O2. The average Bonchev–Trinajstić information content (AvgIpc) is 2.75. The summed E-state index contributed by atoms with van der Waals surface area (Å²) in [4.78, 5) is 18.3. The number of carbonyl (C=O) groups is 1. The Morgan fingerprint density at radius 2 is 1.66 bits per heavy atom. The van der Waals surface area contributed by atoms with Crippen molar-refractivity contribution in [3.63, 3.8) is 0 Å². The number of nitriles is 1. The van der Waals surface area contributed by atoms with E-state index in [1.807, 2.05) is 54.6 Å². The summed E-state index contributed by atoms with van der Waals surface area (Å²) in [6.07, 6.45) is 3.47. The maximum atomic E-state index is 12.8. The molecule has 144 valence electrons. The van der Waals surface area contributed by atoms with Crippen molar-refractivity contribution in [2.75, 3.05) is 6.61 Å². The number of benzene rings is 2. The van der Waals surface area contributed by atoms with Crippen LogP contribution in [-0.4, -0.2) is 39.6 Å². The standard InChI is InChI=1S/C24H21N3O2/c25-15-21-24(20-8-6-19(7-9-20)18-4-2-1-3-5-18)22(16-28)27(21)23(29)14-17-10-12-26-13-11-17/h1-13,21-22,24,28H,14,16H2/t21-,22+,24+/m0/s1. The quantitative estimate of drug-likeness (QED) is 0.734. The van der Waals surface area contributed by atoms with Crippen molar-refractivity contribution >= 4 is 5.91 Å². The van der Waals surface area contributed by atoms with Gasteiger partial charge in [0.2, 0.25) is 5.91 Å². The minimum atomic E-state index is -0.580. The first kappa shape index (κ1) is 18.9. The van der Waals surface area contributed by atoms with Gasteiger partial charge in [-0.05, 0) is 34.4 Å². The molecule has 1 N–H and O–H groups in total. The van der Waals surface area contributed by atoms with Gasteiger partial charge in [0.05, 0.1) is 25.1 Å². The third-order valence-corrected chi connectivity index (χ3v) is 5.53. The zero-order valence-corrected chi connectivity index (χ0v) is 15.8. The smallest absolute Gasteiger partial charge is 0.228 e. The molecule has 0 unspecified atom stereocenters. The molecule has 1 aliphatic heterocycles. The van der Waals surface area contributed by atoms with Crippen molar-refractivity contribution in [2.24, 2.45) is 0 Å². The second-order valence-electron chi connectivity index (χ2n) is 7.17. The predicted molar refractivity (Wildman–Crippen MR) is 110 cm³/mol. The Hall–Kier alpha value is -3.49. The van der Waals surface area contributed by atoms with Gasteiger partial charge < -0.3 is 10.0 Å². The van der Waals surface area contributed by atoms with Crippen molar-refractivity contribution in [3.05, 3.63) is 90.3 Å². The Morgan fingerprint density at radius 1 is 1.00 bits per heavy atom. The third-order valence-electron chi connectivity index (χ3n) is 5.53. The van der Waals surface area contributed by atoms with Crippen LogP contribution < -0.4 is 0 Å². The molecule has 4 rings (SSSR count). The number of aromatic nitrogens is 1. The number of likely N-dealkylation sites (tertiary alicyclic amines) is 1. The van der Waals surface area contributed by atoms with Crippen molar-refractivity contribution in [1.29, 1.82) is 5.26 Å². The highest BCUT2D eigenvalue weighted by molar-refractivity contribution is 5.81. The van der Waals surface area contributed by atoms with E-state index in [-0.39, 0.29) is 24.9 Å². The Balaban J connectivity index is 1.54. The minimum Gasteiger partial charge on any atom is -0.394 e. The van der Waals surface area contributed by atoms with Crippen LogP contribution in [0.15, 0.2) is 79.1 Å². The first-order chi connectivity index (χ1) is 14.2. The molecule has 1 saturated heterocycles. The zero-order valence-electron chi connectivity index (χ0n) is 15.8. The lowest BCUT2D eigenvalue weighted by atomic mass is 9.75. The SMILES string of the molecule is N#C[C@H]1[C@@H](c2ccc(-c3ccccc3)cc2)[C@@H](CO)N1C(=O)Cc1ccncc1. The molecule has 3 atom stereocenters. The largest absolute Gasteiger partial charge is 0.394 e. The number of nitrogens with zero attached hydrogens (tertiary/aromatic N) is 3. The van der Waals surface area contributed by atoms with E-state index >= 15 is 0 Å². The van der Waals surface area contributed by atoms with Crippen molar-refractivity contribution in [1.82, 2.24) is 9.88 Å². The maximum absolute atomic E-state index is 12.8. The summed E-state index contributed by atoms with van der Waals surface area (Å²) >= 11 is 0. The van der Waals surface area contributed by atoms with Crippen molar-refractivity contribution in [3.8, 4) is 17.2 Å². The van der Waals surface area contributed by atoms with Crippen LogP contribution in [0.25, 0.3) is 11.1 Å². The highest BCUT2D eigenvalue weighted by atomic mass is 16.3. The van der Waals surface area contributed by atoms with Crippen LogP contribution in [0.2, 0.25) is 0 Å². The topological polar surface area (TPSA) is 77.2 Å². The van der Waals surface area contributed by atoms with E-state index in [9.17, 15) is 15.2 Å². The highest BCUT2D eigenvalue weighted by Gasteiger charge is 2.51. The van der Waals surface area contributed by atoms with Gasteiger partial charge in [0.25, 0.3) is 0 Å². The summed E-state index contributed by atoms with van der Waals surface area (Å²) in [5, 5.41) is 19.6. The van der Waals surface area contributed by atoms with Gasteiger partial charge in [-0.15, -0.1) is 0 Å². The van der Waals surface area contributed by atoms with Gasteiger partial charge in [-0.3, -0.25) is 9.78 Å². The van der Waals surface area contributed by atoms with E-state index in [0.717, 1.165) is 22.3 Å². The highest BCUT2D eigenvalue weighted by Crippen LogP contribution is 2.41. The number of rotatable bonds is 5. The molecule has 1 fully saturated rings. The average molecular weight is 383 g/mol. The van der Waals surface area contributed by atoms with Crippen LogP contribution in [0, 0.1) is 11.3 Å². The summed E-state index contributed by atoms with van der Waals surface area (Å²) in [7, 11) is 0. The zero-order chi connectivity index (χ0) is 20.2. The molecular weight excluding hydrogens is 362 g/mol. The third kappa shape index (κ3) is 3.63. The summed E-state index contributed by atoms with van der Waals surface area (Å²) < 4.78 is 0. The van der Waals surface area contributed by atoms with E-state index < -0.39 is 12.1 Å². The first-order valence-electron chi connectivity index (χ1n) is 9.59. The molecule has 2 aromatic carbocycles. The van der Waals surface area contributed by atoms with Crippen LogP contribution in [0.5, 0.6) is 0 Å². The van der Waals surface area contributed by atoms with Gasteiger partial charge >= 0.3 is 0 Å². The van der Waals surface area contributed by atoms with E-state index in [2.05, 4.69) is 11.1 Å². The Kier molecular flexibility index (Phi) is 5.37. The fourth-order valence-corrected chi connectivity index (χ4v) is 4.04. The molecule has 29 heavy (non-hydrogen) atoms. The molecule has 0 saturated carbocycles. The molecule has 0 spiro atoms. The number of hydrogen-bond donors (Lipinski definition) is 1. The molecule has 2 heterocycles. The fourth-order valence-electron chi connectivity index (χ4n) is 4.04. The normalized spacial score (nSPS) is 20.6. The van der Waals surface area contributed by atoms with Crippen LogP contribution in [0.4, 0.5) is 0 Å². The lowest BCUT2D eigenvalue weighted by Crippen LogP contribution is -2.65. The van der Waals surface area contributed by atoms with E-state index in [1.165, 1.54) is 4.90 Å². The Labute approximate surface area is 169 Å². The lowest BCUT2D eigenvalue weighted by molar-refractivity contribution is -0.146. The van der Waals surface area contributed by atoms with Crippen LogP contribution in [0.3, 0.4) is 0 Å². The lowest BCUT2D eigenvalue weighted by Gasteiger charge is -2.51. The molecule has 1 aromatic heterocycles. The van der Waals surface area contributed by atoms with Gasteiger partial charge in [-0.1, -0.05) is 54.6 Å². The molecule has 5 heteroatoms. The molecule has 3 aromatic rings. The second kappa shape index (κ2) is 8.26. The molecule has 1 amide bonds. The Morgan fingerprint density at radius 3 is 2.28 bits per heavy atom. The number of carbonyl (C=O) groups excluding carboxylic acids is 1. The summed E-state index contributed by atoms with van der Waals surface area (Å²) in [6.45, 7) is -0.175. The molecule has 0 radical (unpaired) electrons. The monoisotopic (exact) mass is 383 g/mol. The van der Waals surface area contributed by atoms with E-state index in [4.69, 9.17) is 0 Å². The van der Waals surface area contributed by atoms with Gasteiger partial charge in [0.1, 0.15) is 6.04 Å². The molecule has 5 nitrogen and oxygen atoms in total. The minimum absolute atomic E-state index is 0.154. The molecule has 0 bridgehead atoms. The van der Waals surface area contributed by atoms with Crippen LogP contribution in [0.1, 0.15) is 17.0 Å². The number of aliphatic hydroxyl groups excluding tert-OH is 1. The second-order valence-corrected chi connectivity index (χ2v) is 7.17. The number of amides is 1. The van der Waals surface area contributed by atoms with Gasteiger partial charge in [0.15, 0.2) is 0 Å². The maximum Gasteiger partial charge on any atom is 0.228 e. The van der Waals surface area contributed by atoms with Gasteiger partial charge in [0, 0.05) is 18.3 Å². The predicted octanol–water partition coefficient (Wildman–Crippen LogP) is 3.17. The number of aliphatic hydroxyl groups is 1. The first-order valence-corrected chi connectivity index (χ1v) is 9.59. The summed E-state index contributed by atoms with van der Waals surface area (Å²) in [5.74, 6) is -0.352. The number of pyridine rings is 1. The summed E-state index contributed by atoms with van der Waals surface area (Å²) in [5.41, 5.74) is 4.02. The van der Waals surface area contributed by atoms with Crippen LogP contribution >= 0.6 is 0 Å². The molecule has 0 aliphatic carbocycles. The molecule has 1 aliphatic rings. The van der Waals surface area contributed by atoms with Crippen molar-refractivity contribution in [2.45, 2.75) is 24.4 Å². The summed E-state index contributed by atoms with van der Waals surface area (Å²) in [6, 6.07) is 22.9. The van der Waals surface area contributed by atoms with E-state index in [0.29, 0.717) is 0 Å². The van der Waals surface area contributed by atoms with E-state index in [1.54, 1.807) is 24.5 Å². The van der Waals surface area contributed by atoms with Crippen molar-refractivity contribution < 1.29 is 9.90 Å². The fraction of sp³-hybridized carbons (Fsp3) is 0.208. The number of hydrogen-bond acceptors (Lipinski definition) is 4. The van der Waals surface area contributed by atoms with Gasteiger partial charge in [-0.2, -0.15) is 5.26 Å². The van der Waals surface area contributed by atoms with Crippen LogP contribution in [-0.2, 0) is 11.2 Å². The Bertz CT molecular complexity index is 1010. The van der Waals surface area contributed by atoms with Gasteiger partial charge in [-0.25, -0.2) is 0 Å².